The molecule has 4 rings (SSSR count). The van der Waals surface area contributed by atoms with Crippen LogP contribution in [0.2, 0.25) is 0 Å². The minimum atomic E-state index is -1.71. The molecule has 3 aromatic rings. The highest BCUT2D eigenvalue weighted by Gasteiger charge is 2.46. The van der Waals surface area contributed by atoms with Crippen molar-refractivity contribution in [2.75, 3.05) is 20.1 Å². The molecule has 0 aliphatic carbocycles. The molecule has 19 heteroatoms. The summed E-state index contributed by atoms with van der Waals surface area (Å²) in [5.74, 6) is -10.4. The number of likely N-dealkylation sites (tertiary alicyclic amines) is 1. The molecule has 19 nitrogen and oxygen atoms in total. The number of hydrogen-bond donors (Lipinski definition) is 6. The molecule has 2 aromatic carbocycles. The summed E-state index contributed by atoms with van der Waals surface area (Å²) in [6.45, 7) is 11.6. The van der Waals surface area contributed by atoms with Gasteiger partial charge in [-0.1, -0.05) is 103 Å². The van der Waals surface area contributed by atoms with Crippen LogP contribution in [0.3, 0.4) is 0 Å². The summed E-state index contributed by atoms with van der Waals surface area (Å²) in [6, 6.07) is 13.8. The van der Waals surface area contributed by atoms with Crippen molar-refractivity contribution in [1.29, 1.82) is 0 Å². The van der Waals surface area contributed by atoms with Crippen molar-refractivity contribution in [3.63, 3.8) is 0 Å². The van der Waals surface area contributed by atoms with Gasteiger partial charge < -0.3 is 36.0 Å². The fourth-order valence-electron chi connectivity index (χ4n) is 7.80. The van der Waals surface area contributed by atoms with Crippen LogP contribution in [-0.4, -0.2) is 128 Å². The standard InChI is InChI=1S/C48H62N8O11/c1-28(2)40(51-43(63)34-19-18-31-16-12-13-17-33(31)49-34)45(65)50-35(24-38(59)60)44(64)52-41(29(3)4)47(67)55-23-22-32(25-48(5,6)7)42(55)46(66)53-56(27-39(61)62)37(58)21-20-36(57)54(8)26-30-14-10-9-11-15-30/h9-21,28-29,32,35,40-42H,22-27H2,1-8H3,(H,50,65)(H,51,63)(H,52,64)(H,53,66)(H,59,60)(H,61,62)/b21-20+/t32-,35+,40+,41+,42+/m1/s1. The molecule has 0 spiro atoms. The maximum absolute atomic E-state index is 14.6. The number of aromatic nitrogens is 1. The Kier molecular flexibility index (Phi) is 18.3. The van der Waals surface area contributed by atoms with Gasteiger partial charge in [-0.15, -0.1) is 0 Å². The van der Waals surface area contributed by atoms with Gasteiger partial charge in [0.1, 0.15) is 36.4 Å². The smallest absolute Gasteiger partial charge is 0.325 e. The molecule has 0 saturated carbocycles. The fourth-order valence-corrected chi connectivity index (χ4v) is 7.80. The lowest BCUT2D eigenvalue weighted by Gasteiger charge is -2.35. The van der Waals surface area contributed by atoms with E-state index in [1.165, 1.54) is 22.9 Å². The first-order valence-electron chi connectivity index (χ1n) is 22.1. The second kappa shape index (κ2) is 23.3. The zero-order chi connectivity index (χ0) is 49.7. The van der Waals surface area contributed by atoms with Crippen molar-refractivity contribution in [2.24, 2.45) is 23.2 Å². The van der Waals surface area contributed by atoms with Crippen LogP contribution in [0.5, 0.6) is 0 Å². The number of carbonyl (C=O) groups is 9. The van der Waals surface area contributed by atoms with Crippen molar-refractivity contribution in [1.82, 2.24) is 41.2 Å². The maximum Gasteiger partial charge on any atom is 0.325 e. The minimum Gasteiger partial charge on any atom is -0.481 e. The molecule has 1 aliphatic rings. The first kappa shape index (κ1) is 52.4. The SMILES string of the molecule is CC(C)[C@H](NC(=O)c1ccc2ccccc2n1)C(=O)N[C@@H](CC(=O)O)C(=O)N[C@H](C(=O)N1CC[C@H](CC(C)(C)C)[C@H]1C(=O)NN(CC(=O)O)C(=O)/C=C/C(=O)N(C)Cc1ccccc1)C(C)C. The largest absolute Gasteiger partial charge is 0.481 e. The average molecular weight is 927 g/mol. The van der Waals surface area contributed by atoms with Gasteiger partial charge in [-0.25, -0.2) is 9.99 Å². The molecule has 0 unspecified atom stereocenters. The molecule has 1 aromatic heterocycles. The van der Waals surface area contributed by atoms with E-state index in [1.54, 1.807) is 45.9 Å². The third-order valence-electron chi connectivity index (χ3n) is 11.1. The van der Waals surface area contributed by atoms with E-state index < -0.39 is 108 Å². The Morgan fingerprint density at radius 1 is 0.776 bits per heavy atom. The van der Waals surface area contributed by atoms with Crippen LogP contribution in [-0.2, 0) is 44.9 Å². The van der Waals surface area contributed by atoms with Crippen molar-refractivity contribution < 1.29 is 53.4 Å². The summed E-state index contributed by atoms with van der Waals surface area (Å²) in [5.41, 5.74) is 3.42. The Labute approximate surface area is 389 Å². The number of nitrogens with zero attached hydrogens (tertiary/aromatic N) is 4. The third kappa shape index (κ3) is 15.2. The predicted octanol–water partition coefficient (Wildman–Crippen LogP) is 2.90. The molecule has 0 bridgehead atoms. The fraction of sp³-hybridized carbons (Fsp3) is 0.458. The van der Waals surface area contributed by atoms with Crippen LogP contribution in [0.4, 0.5) is 0 Å². The highest BCUT2D eigenvalue weighted by atomic mass is 16.4. The van der Waals surface area contributed by atoms with E-state index in [-0.39, 0.29) is 24.2 Å². The number of carbonyl (C=O) groups excluding carboxylic acids is 7. The molecule has 67 heavy (non-hydrogen) atoms. The van der Waals surface area contributed by atoms with Crippen molar-refractivity contribution >= 4 is 64.2 Å². The normalized spacial score (nSPS) is 16.2. The maximum atomic E-state index is 14.6. The quantitative estimate of drug-likeness (QED) is 0.0749. The number of amides is 7. The van der Waals surface area contributed by atoms with E-state index >= 15 is 0 Å². The van der Waals surface area contributed by atoms with Crippen LogP contribution in [0, 0.1) is 23.2 Å². The lowest BCUT2D eigenvalue weighted by atomic mass is 9.81. The van der Waals surface area contributed by atoms with Crippen molar-refractivity contribution in [3.05, 3.63) is 90.1 Å². The van der Waals surface area contributed by atoms with Crippen molar-refractivity contribution in [2.45, 2.75) is 98.4 Å². The summed E-state index contributed by atoms with van der Waals surface area (Å²) < 4.78 is 0. The zero-order valence-electron chi connectivity index (χ0n) is 39.1. The van der Waals surface area contributed by atoms with Crippen LogP contribution in [0.15, 0.2) is 78.9 Å². The molecule has 0 radical (unpaired) electrons. The highest BCUT2D eigenvalue weighted by Crippen LogP contribution is 2.36. The summed E-state index contributed by atoms with van der Waals surface area (Å²) in [5, 5.41) is 28.5. The Bertz CT molecular complexity index is 2350. The summed E-state index contributed by atoms with van der Waals surface area (Å²) in [6.07, 6.45) is 1.65. The first-order chi connectivity index (χ1) is 31.4. The van der Waals surface area contributed by atoms with Gasteiger partial charge in [0.15, 0.2) is 0 Å². The first-order valence-corrected chi connectivity index (χ1v) is 22.1. The van der Waals surface area contributed by atoms with E-state index in [0.29, 0.717) is 23.4 Å². The summed E-state index contributed by atoms with van der Waals surface area (Å²) >= 11 is 0. The van der Waals surface area contributed by atoms with Gasteiger partial charge >= 0.3 is 11.9 Å². The Morgan fingerprint density at radius 3 is 2.01 bits per heavy atom. The van der Waals surface area contributed by atoms with E-state index in [2.05, 4.69) is 26.4 Å². The predicted molar refractivity (Wildman–Crippen MR) is 246 cm³/mol. The third-order valence-corrected chi connectivity index (χ3v) is 11.1. The zero-order valence-corrected chi connectivity index (χ0v) is 39.1. The van der Waals surface area contributed by atoms with Gasteiger partial charge in [-0.3, -0.25) is 48.6 Å². The van der Waals surface area contributed by atoms with Gasteiger partial charge in [0.25, 0.3) is 17.7 Å². The Morgan fingerprint density at radius 2 is 1.40 bits per heavy atom. The number of pyridine rings is 1. The molecule has 1 saturated heterocycles. The minimum absolute atomic E-state index is 0.0293. The average Bonchev–Trinajstić information content (AvgIpc) is 3.67. The number of likely N-dealkylation sites (N-methyl/N-ethyl adjacent to an activating group) is 1. The topological polar surface area (TPSA) is 265 Å². The number of nitrogens with one attached hydrogen (secondary N) is 4. The molecular weight excluding hydrogens is 865 g/mol. The van der Waals surface area contributed by atoms with Gasteiger partial charge in [-0.05, 0) is 53.7 Å². The lowest BCUT2D eigenvalue weighted by Crippen LogP contribution is -2.61. The molecule has 7 amide bonds. The number of aliphatic carboxylic acids is 2. The molecule has 2 heterocycles. The second-order valence-corrected chi connectivity index (χ2v) is 18.6. The Hall–Kier alpha value is -7.18. The number of rotatable bonds is 19. The van der Waals surface area contributed by atoms with Gasteiger partial charge in [0.2, 0.25) is 23.6 Å². The molecule has 6 N–H and O–H groups in total. The highest BCUT2D eigenvalue weighted by molar-refractivity contribution is 6.01. The van der Waals surface area contributed by atoms with E-state index in [4.69, 9.17) is 0 Å². The van der Waals surface area contributed by atoms with Crippen LogP contribution < -0.4 is 21.4 Å². The number of carboxylic acids is 2. The lowest BCUT2D eigenvalue weighted by molar-refractivity contribution is -0.151. The summed E-state index contributed by atoms with van der Waals surface area (Å²) in [7, 11) is 1.52. The van der Waals surface area contributed by atoms with Crippen LogP contribution >= 0.6 is 0 Å². The van der Waals surface area contributed by atoms with E-state index in [9.17, 15) is 53.4 Å². The molecule has 1 fully saturated rings. The Balaban J connectivity index is 1.54. The molecular formula is C48H62N8O11. The van der Waals surface area contributed by atoms with Gasteiger partial charge in [-0.2, -0.15) is 0 Å². The molecule has 360 valence electrons. The number of benzene rings is 2. The number of hydrazine groups is 1. The monoisotopic (exact) mass is 926 g/mol. The second-order valence-electron chi connectivity index (χ2n) is 18.6. The number of carboxylic acid groups (broad SMARTS) is 2. The number of fused-ring (bicyclic) bond motifs is 1. The van der Waals surface area contributed by atoms with E-state index in [1.807, 2.05) is 63.2 Å². The number of para-hydroxylation sites is 1. The van der Waals surface area contributed by atoms with Crippen LogP contribution in [0.25, 0.3) is 10.9 Å². The van der Waals surface area contributed by atoms with Gasteiger partial charge in [0.05, 0.1) is 11.9 Å². The van der Waals surface area contributed by atoms with Gasteiger partial charge in [0, 0.05) is 37.7 Å². The van der Waals surface area contributed by atoms with E-state index in [0.717, 1.165) is 23.1 Å². The molecule has 1 aliphatic heterocycles. The van der Waals surface area contributed by atoms with Crippen molar-refractivity contribution in [3.8, 4) is 0 Å². The molecule has 5 atom stereocenters. The number of hydrogen-bond acceptors (Lipinski definition) is 10. The van der Waals surface area contributed by atoms with Crippen LogP contribution in [0.1, 0.15) is 83.8 Å². The summed E-state index contributed by atoms with van der Waals surface area (Å²) in [4.78, 5) is 127.